The van der Waals surface area contributed by atoms with Crippen molar-refractivity contribution < 1.29 is 9.90 Å². The van der Waals surface area contributed by atoms with Crippen molar-refractivity contribution in [3.8, 4) is 11.3 Å². The summed E-state index contributed by atoms with van der Waals surface area (Å²) in [6.45, 7) is 2.16. The SMILES string of the molecule is CCCc1ccc(-c2ccc(C(=O)O)n2C)cc1. The molecule has 1 aromatic carbocycles. The molecule has 2 aromatic rings. The summed E-state index contributed by atoms with van der Waals surface area (Å²) in [4.78, 5) is 11.0. The van der Waals surface area contributed by atoms with Gasteiger partial charge in [0.1, 0.15) is 5.69 Å². The number of carbonyl (C=O) groups is 1. The van der Waals surface area contributed by atoms with Gasteiger partial charge in [-0.15, -0.1) is 0 Å². The van der Waals surface area contributed by atoms with Crippen molar-refractivity contribution in [2.45, 2.75) is 19.8 Å². The van der Waals surface area contributed by atoms with E-state index in [1.807, 2.05) is 18.2 Å². The third-order valence-electron chi connectivity index (χ3n) is 3.13. The van der Waals surface area contributed by atoms with Gasteiger partial charge >= 0.3 is 5.97 Å². The lowest BCUT2D eigenvalue weighted by Crippen LogP contribution is -2.05. The highest BCUT2D eigenvalue weighted by Crippen LogP contribution is 2.22. The van der Waals surface area contributed by atoms with E-state index >= 15 is 0 Å². The first kappa shape index (κ1) is 12.4. The first-order valence-corrected chi connectivity index (χ1v) is 6.11. The molecule has 0 spiro atoms. The maximum absolute atomic E-state index is 11.0. The fourth-order valence-electron chi connectivity index (χ4n) is 2.15. The van der Waals surface area contributed by atoms with Crippen LogP contribution in [-0.2, 0) is 13.5 Å². The van der Waals surface area contributed by atoms with Crippen LogP contribution in [-0.4, -0.2) is 15.6 Å². The monoisotopic (exact) mass is 243 g/mol. The summed E-state index contributed by atoms with van der Waals surface area (Å²) in [7, 11) is 1.78. The maximum Gasteiger partial charge on any atom is 0.352 e. The summed E-state index contributed by atoms with van der Waals surface area (Å²) in [5.74, 6) is -0.897. The summed E-state index contributed by atoms with van der Waals surface area (Å²) >= 11 is 0. The Balaban J connectivity index is 2.34. The second-order valence-corrected chi connectivity index (χ2v) is 4.41. The van der Waals surface area contributed by atoms with Crippen LogP contribution in [0.2, 0.25) is 0 Å². The second kappa shape index (κ2) is 5.08. The van der Waals surface area contributed by atoms with Gasteiger partial charge in [-0.3, -0.25) is 0 Å². The number of carboxylic acids is 1. The average Bonchev–Trinajstić information content (AvgIpc) is 2.73. The lowest BCUT2D eigenvalue weighted by Gasteiger charge is -2.06. The van der Waals surface area contributed by atoms with E-state index in [-0.39, 0.29) is 0 Å². The van der Waals surface area contributed by atoms with Crippen LogP contribution in [0.5, 0.6) is 0 Å². The third-order valence-corrected chi connectivity index (χ3v) is 3.13. The largest absolute Gasteiger partial charge is 0.477 e. The molecule has 94 valence electrons. The number of carboxylic acid groups (broad SMARTS) is 1. The van der Waals surface area contributed by atoms with Crippen LogP contribution in [0.25, 0.3) is 11.3 Å². The van der Waals surface area contributed by atoms with Crippen molar-refractivity contribution in [2.24, 2.45) is 7.05 Å². The van der Waals surface area contributed by atoms with E-state index in [0.29, 0.717) is 5.69 Å². The van der Waals surface area contributed by atoms with Gasteiger partial charge in [0.2, 0.25) is 0 Å². The maximum atomic E-state index is 11.0. The molecule has 0 bridgehead atoms. The molecule has 0 aliphatic carbocycles. The third kappa shape index (κ3) is 2.30. The van der Waals surface area contributed by atoms with E-state index in [1.165, 1.54) is 5.56 Å². The van der Waals surface area contributed by atoms with Crippen LogP contribution in [0.15, 0.2) is 36.4 Å². The highest BCUT2D eigenvalue weighted by atomic mass is 16.4. The van der Waals surface area contributed by atoms with E-state index in [9.17, 15) is 4.79 Å². The van der Waals surface area contributed by atoms with Crippen LogP contribution in [0, 0.1) is 0 Å². The second-order valence-electron chi connectivity index (χ2n) is 4.41. The van der Waals surface area contributed by atoms with Crippen LogP contribution in [0.1, 0.15) is 29.4 Å². The first-order valence-electron chi connectivity index (χ1n) is 6.11. The van der Waals surface area contributed by atoms with Crippen molar-refractivity contribution in [1.82, 2.24) is 4.57 Å². The van der Waals surface area contributed by atoms with Gasteiger partial charge in [-0.25, -0.2) is 4.79 Å². The van der Waals surface area contributed by atoms with Crippen molar-refractivity contribution in [2.75, 3.05) is 0 Å². The zero-order chi connectivity index (χ0) is 13.1. The fourth-order valence-corrected chi connectivity index (χ4v) is 2.15. The van der Waals surface area contributed by atoms with E-state index in [1.54, 1.807) is 17.7 Å². The summed E-state index contributed by atoms with van der Waals surface area (Å²) in [5, 5.41) is 9.02. The van der Waals surface area contributed by atoms with E-state index in [2.05, 4.69) is 19.1 Å². The minimum Gasteiger partial charge on any atom is -0.477 e. The quantitative estimate of drug-likeness (QED) is 0.894. The Morgan fingerprint density at radius 1 is 1.17 bits per heavy atom. The molecule has 0 aliphatic rings. The molecular formula is C15H17NO2. The number of aromatic nitrogens is 1. The summed E-state index contributed by atoms with van der Waals surface area (Å²) < 4.78 is 1.71. The van der Waals surface area contributed by atoms with Gasteiger partial charge in [0.15, 0.2) is 0 Å². The molecule has 18 heavy (non-hydrogen) atoms. The zero-order valence-electron chi connectivity index (χ0n) is 10.7. The molecule has 3 heteroatoms. The van der Waals surface area contributed by atoms with Gasteiger partial charge in [0, 0.05) is 12.7 Å². The highest BCUT2D eigenvalue weighted by Gasteiger charge is 2.11. The molecule has 1 N–H and O–H groups in total. The van der Waals surface area contributed by atoms with Crippen molar-refractivity contribution in [1.29, 1.82) is 0 Å². The standard InChI is InChI=1S/C15H17NO2/c1-3-4-11-5-7-12(8-6-11)13-9-10-14(15(17)18)16(13)2/h5-10H,3-4H2,1-2H3,(H,17,18). The lowest BCUT2D eigenvalue weighted by molar-refractivity contribution is 0.0687. The molecule has 0 radical (unpaired) electrons. The molecule has 2 rings (SSSR count). The molecule has 0 atom stereocenters. The van der Waals surface area contributed by atoms with Gasteiger partial charge in [0.25, 0.3) is 0 Å². The molecule has 0 amide bonds. The molecule has 1 heterocycles. The van der Waals surface area contributed by atoms with Gasteiger partial charge in [0.05, 0.1) is 0 Å². The van der Waals surface area contributed by atoms with Gasteiger partial charge < -0.3 is 9.67 Å². The number of hydrogen-bond donors (Lipinski definition) is 1. The predicted molar refractivity (Wildman–Crippen MR) is 71.8 cm³/mol. The van der Waals surface area contributed by atoms with Crippen LogP contribution in [0.4, 0.5) is 0 Å². The minimum absolute atomic E-state index is 0.308. The molecular weight excluding hydrogens is 226 g/mol. The molecule has 0 fully saturated rings. The Morgan fingerprint density at radius 2 is 1.83 bits per heavy atom. The highest BCUT2D eigenvalue weighted by molar-refractivity contribution is 5.87. The van der Waals surface area contributed by atoms with Crippen molar-refractivity contribution in [3.63, 3.8) is 0 Å². The van der Waals surface area contributed by atoms with Crippen molar-refractivity contribution >= 4 is 5.97 Å². The number of hydrogen-bond acceptors (Lipinski definition) is 1. The topological polar surface area (TPSA) is 42.2 Å². The summed E-state index contributed by atoms with van der Waals surface area (Å²) in [6.07, 6.45) is 2.21. The molecule has 0 unspecified atom stereocenters. The Hall–Kier alpha value is -2.03. The van der Waals surface area contributed by atoms with Gasteiger partial charge in [-0.1, -0.05) is 37.6 Å². The molecule has 0 aliphatic heterocycles. The normalized spacial score (nSPS) is 10.6. The average molecular weight is 243 g/mol. The van der Waals surface area contributed by atoms with Gasteiger partial charge in [-0.2, -0.15) is 0 Å². The van der Waals surface area contributed by atoms with E-state index in [0.717, 1.165) is 24.1 Å². The van der Waals surface area contributed by atoms with Crippen LogP contribution < -0.4 is 0 Å². The number of benzene rings is 1. The molecule has 0 saturated carbocycles. The minimum atomic E-state index is -0.897. The number of aromatic carboxylic acids is 1. The number of nitrogens with zero attached hydrogens (tertiary/aromatic N) is 1. The summed E-state index contributed by atoms with van der Waals surface area (Å²) in [5.41, 5.74) is 3.59. The Bertz CT molecular complexity index is 552. The molecule has 1 aromatic heterocycles. The molecule has 0 saturated heterocycles. The number of rotatable bonds is 4. The van der Waals surface area contributed by atoms with E-state index < -0.39 is 5.97 Å². The first-order chi connectivity index (χ1) is 8.63. The Kier molecular flexibility index (Phi) is 3.51. The zero-order valence-corrected chi connectivity index (χ0v) is 10.7. The predicted octanol–water partition coefficient (Wildman–Crippen LogP) is 3.34. The fraction of sp³-hybridized carbons (Fsp3) is 0.267. The Morgan fingerprint density at radius 3 is 2.33 bits per heavy atom. The number of aryl methyl sites for hydroxylation is 1. The molecule has 3 nitrogen and oxygen atoms in total. The smallest absolute Gasteiger partial charge is 0.352 e. The Labute approximate surface area is 107 Å². The summed E-state index contributed by atoms with van der Waals surface area (Å²) in [6, 6.07) is 11.8. The van der Waals surface area contributed by atoms with Crippen molar-refractivity contribution in [3.05, 3.63) is 47.7 Å². The van der Waals surface area contributed by atoms with Crippen LogP contribution in [0.3, 0.4) is 0 Å². The van der Waals surface area contributed by atoms with Gasteiger partial charge in [-0.05, 0) is 29.7 Å². The van der Waals surface area contributed by atoms with E-state index in [4.69, 9.17) is 5.11 Å². The lowest BCUT2D eigenvalue weighted by atomic mass is 10.1. The van der Waals surface area contributed by atoms with Crippen LogP contribution >= 0.6 is 0 Å².